The monoisotopic (exact) mass is 282 g/mol. The molecule has 0 bridgehead atoms. The summed E-state index contributed by atoms with van der Waals surface area (Å²) in [6.45, 7) is 1.24. The molecule has 1 rings (SSSR count). The average Bonchev–Trinajstić information content (AvgIpc) is 2.43. The lowest BCUT2D eigenvalue weighted by Crippen LogP contribution is -2.30. The smallest absolute Gasteiger partial charge is 0.339 e. The number of carboxylic acids is 1. The van der Waals surface area contributed by atoms with Crippen molar-refractivity contribution in [3.63, 3.8) is 0 Å². The maximum absolute atomic E-state index is 11.6. The molecule has 1 aromatic rings. The Kier molecular flexibility index (Phi) is 6.48. The van der Waals surface area contributed by atoms with E-state index in [1.807, 2.05) is 0 Å². The van der Waals surface area contributed by atoms with Gasteiger partial charge in [-0.3, -0.25) is 4.79 Å². The number of nitrogens with one attached hydrogen (secondary N) is 2. The highest BCUT2D eigenvalue weighted by molar-refractivity contribution is 5.95. The summed E-state index contributed by atoms with van der Waals surface area (Å²) in [6.07, 6.45) is 0. The molecule has 20 heavy (non-hydrogen) atoms. The van der Waals surface area contributed by atoms with Crippen molar-refractivity contribution in [2.75, 3.05) is 39.2 Å². The van der Waals surface area contributed by atoms with Crippen LogP contribution < -0.4 is 15.4 Å². The molecule has 0 aliphatic carbocycles. The lowest BCUT2D eigenvalue weighted by Gasteiger charge is -2.09. The van der Waals surface area contributed by atoms with Gasteiger partial charge >= 0.3 is 5.97 Å². The van der Waals surface area contributed by atoms with E-state index in [0.717, 1.165) is 0 Å². The van der Waals surface area contributed by atoms with E-state index in [0.29, 0.717) is 18.8 Å². The Morgan fingerprint density at radius 2 is 2.05 bits per heavy atom. The van der Waals surface area contributed by atoms with Gasteiger partial charge in [-0.1, -0.05) is 0 Å². The van der Waals surface area contributed by atoms with Gasteiger partial charge in [-0.05, 0) is 12.1 Å². The van der Waals surface area contributed by atoms with Crippen LogP contribution in [0, 0.1) is 0 Å². The summed E-state index contributed by atoms with van der Waals surface area (Å²) >= 11 is 0. The number of amides is 1. The first-order valence-electron chi connectivity index (χ1n) is 5.99. The van der Waals surface area contributed by atoms with E-state index < -0.39 is 5.97 Å². The average molecular weight is 282 g/mol. The summed E-state index contributed by atoms with van der Waals surface area (Å²) < 4.78 is 9.82. The number of ether oxygens (including phenoxy) is 2. The number of hydrogen-bond acceptors (Lipinski definition) is 5. The first-order chi connectivity index (χ1) is 9.58. The van der Waals surface area contributed by atoms with Crippen LogP contribution in [0.1, 0.15) is 10.4 Å². The van der Waals surface area contributed by atoms with Gasteiger partial charge in [0.15, 0.2) is 0 Å². The van der Waals surface area contributed by atoms with Crippen LogP contribution in [0.2, 0.25) is 0 Å². The molecule has 0 radical (unpaired) electrons. The van der Waals surface area contributed by atoms with E-state index in [1.165, 1.54) is 25.3 Å². The second-order valence-electron chi connectivity index (χ2n) is 3.94. The SMILES string of the molecule is COCCNCC(=O)Nc1ccc(C(=O)O)c(OC)c1. The minimum atomic E-state index is -1.08. The number of carbonyl (C=O) groups excluding carboxylic acids is 1. The Morgan fingerprint density at radius 3 is 2.65 bits per heavy atom. The van der Waals surface area contributed by atoms with Crippen molar-refractivity contribution in [1.29, 1.82) is 0 Å². The molecule has 0 aromatic heterocycles. The summed E-state index contributed by atoms with van der Waals surface area (Å²) in [5.74, 6) is -1.12. The zero-order valence-corrected chi connectivity index (χ0v) is 11.4. The molecule has 0 heterocycles. The molecule has 0 unspecified atom stereocenters. The van der Waals surface area contributed by atoms with Gasteiger partial charge in [0.2, 0.25) is 5.91 Å². The normalized spacial score (nSPS) is 10.1. The van der Waals surface area contributed by atoms with Gasteiger partial charge in [0.1, 0.15) is 11.3 Å². The number of hydrogen-bond donors (Lipinski definition) is 3. The number of benzene rings is 1. The van der Waals surface area contributed by atoms with E-state index in [-0.39, 0.29) is 23.8 Å². The van der Waals surface area contributed by atoms with E-state index in [4.69, 9.17) is 14.6 Å². The van der Waals surface area contributed by atoms with Crippen molar-refractivity contribution in [2.24, 2.45) is 0 Å². The van der Waals surface area contributed by atoms with Gasteiger partial charge in [0.05, 0.1) is 20.3 Å². The van der Waals surface area contributed by atoms with Gasteiger partial charge in [0, 0.05) is 25.4 Å². The standard InChI is InChI=1S/C13H18N2O5/c1-19-6-5-14-8-12(16)15-9-3-4-10(13(17)18)11(7-9)20-2/h3-4,7,14H,5-6,8H2,1-2H3,(H,15,16)(H,17,18). The third-order valence-electron chi connectivity index (χ3n) is 2.48. The predicted molar refractivity (Wildman–Crippen MR) is 73.3 cm³/mol. The molecule has 1 aromatic carbocycles. The minimum absolute atomic E-state index is 0.0451. The molecule has 3 N–H and O–H groups in total. The fourth-order valence-electron chi connectivity index (χ4n) is 1.53. The third kappa shape index (κ3) is 4.87. The van der Waals surface area contributed by atoms with Crippen molar-refractivity contribution in [1.82, 2.24) is 5.32 Å². The van der Waals surface area contributed by atoms with Gasteiger partial charge in [-0.15, -0.1) is 0 Å². The van der Waals surface area contributed by atoms with E-state index in [9.17, 15) is 9.59 Å². The van der Waals surface area contributed by atoms with Crippen LogP contribution in [0.15, 0.2) is 18.2 Å². The summed E-state index contributed by atoms with van der Waals surface area (Å²) in [7, 11) is 2.96. The second-order valence-corrected chi connectivity index (χ2v) is 3.94. The molecule has 0 saturated heterocycles. The quantitative estimate of drug-likeness (QED) is 0.603. The van der Waals surface area contributed by atoms with Crippen LogP contribution in [0.5, 0.6) is 5.75 Å². The van der Waals surface area contributed by atoms with Crippen molar-refractivity contribution < 1.29 is 24.2 Å². The zero-order valence-electron chi connectivity index (χ0n) is 11.4. The van der Waals surface area contributed by atoms with E-state index in [2.05, 4.69) is 10.6 Å². The molecule has 0 aliphatic heterocycles. The first-order valence-corrected chi connectivity index (χ1v) is 5.99. The van der Waals surface area contributed by atoms with Crippen LogP contribution in [-0.2, 0) is 9.53 Å². The van der Waals surface area contributed by atoms with E-state index in [1.54, 1.807) is 7.11 Å². The Bertz CT molecular complexity index is 476. The van der Waals surface area contributed by atoms with Gasteiger partial charge in [-0.2, -0.15) is 0 Å². The number of carbonyl (C=O) groups is 2. The molecule has 0 fully saturated rings. The van der Waals surface area contributed by atoms with Crippen molar-refractivity contribution >= 4 is 17.6 Å². The number of anilines is 1. The van der Waals surface area contributed by atoms with Crippen molar-refractivity contribution in [2.45, 2.75) is 0 Å². The largest absolute Gasteiger partial charge is 0.496 e. The number of carboxylic acid groups (broad SMARTS) is 1. The number of rotatable bonds is 8. The zero-order chi connectivity index (χ0) is 15.0. The van der Waals surface area contributed by atoms with E-state index >= 15 is 0 Å². The minimum Gasteiger partial charge on any atom is -0.496 e. The summed E-state index contributed by atoms with van der Waals surface area (Å²) in [6, 6.07) is 4.37. The highest BCUT2D eigenvalue weighted by Gasteiger charge is 2.12. The summed E-state index contributed by atoms with van der Waals surface area (Å²) in [5.41, 5.74) is 0.522. The van der Waals surface area contributed by atoms with Crippen LogP contribution in [0.25, 0.3) is 0 Å². The fraction of sp³-hybridized carbons (Fsp3) is 0.385. The lowest BCUT2D eigenvalue weighted by atomic mass is 10.2. The molecule has 0 aliphatic rings. The van der Waals surface area contributed by atoms with Crippen LogP contribution in [0.4, 0.5) is 5.69 Å². The Hall–Kier alpha value is -2.12. The molecule has 110 valence electrons. The highest BCUT2D eigenvalue weighted by Crippen LogP contribution is 2.23. The maximum atomic E-state index is 11.6. The van der Waals surface area contributed by atoms with Crippen LogP contribution in [-0.4, -0.2) is 50.9 Å². The molecule has 0 atom stereocenters. The number of methoxy groups -OCH3 is 2. The lowest BCUT2D eigenvalue weighted by molar-refractivity contribution is -0.115. The topological polar surface area (TPSA) is 96.9 Å². The van der Waals surface area contributed by atoms with Gasteiger partial charge < -0.3 is 25.2 Å². The van der Waals surface area contributed by atoms with Crippen LogP contribution >= 0.6 is 0 Å². The molecule has 0 saturated carbocycles. The Balaban J connectivity index is 2.59. The molecule has 7 heteroatoms. The van der Waals surface area contributed by atoms with Crippen molar-refractivity contribution in [3.05, 3.63) is 23.8 Å². The van der Waals surface area contributed by atoms with Gasteiger partial charge in [-0.25, -0.2) is 4.79 Å². The first kappa shape index (κ1) is 15.9. The molecule has 1 amide bonds. The fourth-order valence-corrected chi connectivity index (χ4v) is 1.53. The summed E-state index contributed by atoms with van der Waals surface area (Å²) in [4.78, 5) is 22.6. The van der Waals surface area contributed by atoms with Crippen LogP contribution in [0.3, 0.4) is 0 Å². The number of aromatic carboxylic acids is 1. The third-order valence-corrected chi connectivity index (χ3v) is 2.48. The van der Waals surface area contributed by atoms with Gasteiger partial charge in [0.25, 0.3) is 0 Å². The maximum Gasteiger partial charge on any atom is 0.339 e. The molecule has 0 spiro atoms. The second kappa shape index (κ2) is 8.13. The molecular weight excluding hydrogens is 264 g/mol. The molecular formula is C13H18N2O5. The molecule has 7 nitrogen and oxygen atoms in total. The van der Waals surface area contributed by atoms with Crippen molar-refractivity contribution in [3.8, 4) is 5.75 Å². The Labute approximate surface area is 116 Å². The summed E-state index contributed by atoms with van der Waals surface area (Å²) in [5, 5.41) is 14.5. The predicted octanol–water partition coefficient (Wildman–Crippen LogP) is 0.568. The highest BCUT2D eigenvalue weighted by atomic mass is 16.5. The Morgan fingerprint density at radius 1 is 1.30 bits per heavy atom.